The highest BCUT2D eigenvalue weighted by Gasteiger charge is 2.19. The van der Waals surface area contributed by atoms with Gasteiger partial charge in [0.25, 0.3) is 5.91 Å². The molecule has 0 saturated heterocycles. The summed E-state index contributed by atoms with van der Waals surface area (Å²) in [6, 6.07) is 6.80. The number of carbonyl (C=O) groups excluding carboxylic acids is 1. The van der Waals surface area contributed by atoms with Crippen LogP contribution in [0.3, 0.4) is 0 Å². The van der Waals surface area contributed by atoms with Gasteiger partial charge in [-0.15, -0.1) is 0 Å². The van der Waals surface area contributed by atoms with Crippen molar-refractivity contribution in [2.45, 2.75) is 19.9 Å². The van der Waals surface area contributed by atoms with Crippen molar-refractivity contribution in [2.75, 3.05) is 11.9 Å². The van der Waals surface area contributed by atoms with Crippen molar-refractivity contribution < 1.29 is 19.4 Å². The third kappa shape index (κ3) is 2.52. The fourth-order valence-electron chi connectivity index (χ4n) is 2.35. The first-order chi connectivity index (χ1) is 10.6. The number of carboxylic acid groups (broad SMARTS) is 1. The molecular weight excluding hydrogens is 286 g/mol. The lowest BCUT2D eigenvalue weighted by atomic mass is 10.1. The van der Waals surface area contributed by atoms with Crippen LogP contribution < -0.4 is 10.1 Å². The van der Waals surface area contributed by atoms with Crippen LogP contribution in [0.25, 0.3) is 11.3 Å². The molecule has 0 atom stereocenters. The van der Waals surface area contributed by atoms with Gasteiger partial charge in [-0.05, 0) is 30.7 Å². The zero-order valence-corrected chi connectivity index (χ0v) is 12.0. The first-order valence-electron chi connectivity index (χ1n) is 6.96. The number of carbonyl (C=O) groups is 2. The van der Waals surface area contributed by atoms with Crippen LogP contribution in [-0.2, 0) is 11.3 Å². The largest absolute Gasteiger partial charge is 0.482 e. The molecule has 2 N–H and O–H groups in total. The Morgan fingerprint density at radius 2 is 2.27 bits per heavy atom. The van der Waals surface area contributed by atoms with Gasteiger partial charge in [-0.1, -0.05) is 6.92 Å². The fraction of sp³-hybridized carbons (Fsp3) is 0.267. The van der Waals surface area contributed by atoms with Crippen LogP contribution in [0.5, 0.6) is 5.75 Å². The lowest BCUT2D eigenvalue weighted by molar-refractivity contribution is -0.118. The molecule has 7 heteroatoms. The Morgan fingerprint density at radius 1 is 1.45 bits per heavy atom. The number of amides is 1. The molecule has 0 fully saturated rings. The van der Waals surface area contributed by atoms with E-state index in [-0.39, 0.29) is 18.2 Å². The number of anilines is 1. The molecule has 1 aromatic carbocycles. The molecule has 0 aliphatic carbocycles. The molecule has 1 aromatic heterocycles. The van der Waals surface area contributed by atoms with E-state index >= 15 is 0 Å². The fourth-order valence-corrected chi connectivity index (χ4v) is 2.35. The number of rotatable bonds is 4. The zero-order chi connectivity index (χ0) is 15.7. The standard InChI is InChI=1S/C15H15N3O4/c1-2-5-18-12(15(20)21)7-10(17-18)9-3-4-13-11(6-9)16-14(19)8-22-13/h3-4,6-7H,2,5,8H2,1H3,(H,16,19)(H,20,21). The van der Waals surface area contributed by atoms with Gasteiger partial charge in [-0.3, -0.25) is 9.48 Å². The smallest absolute Gasteiger partial charge is 0.354 e. The molecule has 0 spiro atoms. The maximum absolute atomic E-state index is 11.4. The maximum Gasteiger partial charge on any atom is 0.354 e. The molecular formula is C15H15N3O4. The summed E-state index contributed by atoms with van der Waals surface area (Å²) in [5.74, 6) is -0.635. The van der Waals surface area contributed by atoms with Crippen LogP contribution in [0.2, 0.25) is 0 Å². The number of nitrogens with one attached hydrogen (secondary N) is 1. The maximum atomic E-state index is 11.4. The molecule has 0 unspecified atom stereocenters. The predicted molar refractivity (Wildman–Crippen MR) is 79.0 cm³/mol. The van der Waals surface area contributed by atoms with Gasteiger partial charge in [0.1, 0.15) is 11.4 Å². The molecule has 114 valence electrons. The number of aromatic nitrogens is 2. The Morgan fingerprint density at radius 3 is 3.00 bits per heavy atom. The van der Waals surface area contributed by atoms with E-state index in [0.717, 1.165) is 12.0 Å². The van der Waals surface area contributed by atoms with Crippen LogP contribution in [0.1, 0.15) is 23.8 Å². The number of carboxylic acids is 1. The molecule has 2 heterocycles. The van der Waals surface area contributed by atoms with E-state index in [1.807, 2.05) is 6.92 Å². The molecule has 0 saturated carbocycles. The van der Waals surface area contributed by atoms with Gasteiger partial charge in [0.05, 0.1) is 11.4 Å². The monoisotopic (exact) mass is 301 g/mol. The topological polar surface area (TPSA) is 93.5 Å². The summed E-state index contributed by atoms with van der Waals surface area (Å²) in [6.07, 6.45) is 0.787. The third-order valence-corrected chi connectivity index (χ3v) is 3.34. The summed E-state index contributed by atoms with van der Waals surface area (Å²) in [4.78, 5) is 22.7. The Bertz CT molecular complexity index is 751. The molecule has 3 rings (SSSR count). The zero-order valence-electron chi connectivity index (χ0n) is 12.0. The predicted octanol–water partition coefficient (Wildman–Crippen LogP) is 1.99. The Hall–Kier alpha value is -2.83. The number of hydrogen-bond acceptors (Lipinski definition) is 4. The first kappa shape index (κ1) is 14.1. The highest BCUT2D eigenvalue weighted by atomic mass is 16.5. The SMILES string of the molecule is CCCn1nc(-c2ccc3c(c2)NC(=O)CO3)cc1C(=O)O. The van der Waals surface area contributed by atoms with Gasteiger partial charge < -0.3 is 15.2 Å². The molecule has 22 heavy (non-hydrogen) atoms. The lowest BCUT2D eigenvalue weighted by Gasteiger charge is -2.18. The Kier molecular flexibility index (Phi) is 3.54. The lowest BCUT2D eigenvalue weighted by Crippen LogP contribution is -2.25. The summed E-state index contributed by atoms with van der Waals surface area (Å²) in [5, 5.41) is 16.3. The summed E-state index contributed by atoms with van der Waals surface area (Å²) in [6.45, 7) is 2.49. The van der Waals surface area contributed by atoms with Crippen LogP contribution in [0.15, 0.2) is 24.3 Å². The number of fused-ring (bicyclic) bond motifs is 1. The molecule has 0 bridgehead atoms. The molecule has 1 amide bonds. The average molecular weight is 301 g/mol. The van der Waals surface area contributed by atoms with Crippen molar-refractivity contribution in [1.82, 2.24) is 9.78 Å². The second-order valence-corrected chi connectivity index (χ2v) is 4.99. The van der Waals surface area contributed by atoms with E-state index in [0.29, 0.717) is 23.7 Å². The summed E-state index contributed by atoms with van der Waals surface area (Å²) in [5.41, 5.74) is 1.99. The van der Waals surface area contributed by atoms with Crippen molar-refractivity contribution >= 4 is 17.6 Å². The number of hydrogen-bond donors (Lipinski definition) is 2. The molecule has 1 aliphatic heterocycles. The number of aryl methyl sites for hydroxylation is 1. The normalized spacial score (nSPS) is 13.2. The van der Waals surface area contributed by atoms with E-state index in [1.54, 1.807) is 18.2 Å². The number of ether oxygens (including phenoxy) is 1. The Labute approximate surface area is 126 Å². The van der Waals surface area contributed by atoms with Crippen LogP contribution in [0.4, 0.5) is 5.69 Å². The highest BCUT2D eigenvalue weighted by Crippen LogP contribution is 2.32. The molecule has 1 aliphatic rings. The van der Waals surface area contributed by atoms with E-state index in [1.165, 1.54) is 10.7 Å². The number of aromatic carboxylic acids is 1. The van der Waals surface area contributed by atoms with Crippen LogP contribution in [-0.4, -0.2) is 33.4 Å². The van der Waals surface area contributed by atoms with E-state index < -0.39 is 5.97 Å². The number of nitrogens with zero attached hydrogens (tertiary/aromatic N) is 2. The molecule has 2 aromatic rings. The van der Waals surface area contributed by atoms with Crippen molar-refractivity contribution in [2.24, 2.45) is 0 Å². The van der Waals surface area contributed by atoms with Gasteiger partial charge in [-0.2, -0.15) is 5.10 Å². The van der Waals surface area contributed by atoms with E-state index in [2.05, 4.69) is 10.4 Å². The summed E-state index contributed by atoms with van der Waals surface area (Å²) < 4.78 is 6.78. The van der Waals surface area contributed by atoms with Crippen molar-refractivity contribution in [3.63, 3.8) is 0 Å². The van der Waals surface area contributed by atoms with Crippen LogP contribution >= 0.6 is 0 Å². The average Bonchev–Trinajstić information content (AvgIpc) is 2.91. The molecule has 7 nitrogen and oxygen atoms in total. The minimum atomic E-state index is -1.01. The first-order valence-corrected chi connectivity index (χ1v) is 6.96. The van der Waals surface area contributed by atoms with Crippen molar-refractivity contribution in [3.05, 3.63) is 30.0 Å². The van der Waals surface area contributed by atoms with Gasteiger partial charge >= 0.3 is 5.97 Å². The molecule has 0 radical (unpaired) electrons. The van der Waals surface area contributed by atoms with Gasteiger partial charge in [0, 0.05) is 12.1 Å². The van der Waals surface area contributed by atoms with E-state index in [9.17, 15) is 14.7 Å². The summed E-state index contributed by atoms with van der Waals surface area (Å²) >= 11 is 0. The van der Waals surface area contributed by atoms with Gasteiger partial charge in [0.2, 0.25) is 0 Å². The highest BCUT2D eigenvalue weighted by molar-refractivity contribution is 5.96. The second-order valence-electron chi connectivity index (χ2n) is 4.99. The summed E-state index contributed by atoms with van der Waals surface area (Å²) in [7, 11) is 0. The van der Waals surface area contributed by atoms with Crippen molar-refractivity contribution in [1.29, 1.82) is 0 Å². The quantitative estimate of drug-likeness (QED) is 0.900. The third-order valence-electron chi connectivity index (χ3n) is 3.34. The number of benzene rings is 1. The van der Waals surface area contributed by atoms with E-state index in [4.69, 9.17) is 4.74 Å². The second kappa shape index (κ2) is 5.51. The minimum Gasteiger partial charge on any atom is -0.482 e. The Balaban J connectivity index is 2.01. The minimum absolute atomic E-state index is 0.000631. The van der Waals surface area contributed by atoms with Gasteiger partial charge in [0.15, 0.2) is 6.61 Å². The van der Waals surface area contributed by atoms with Gasteiger partial charge in [-0.25, -0.2) is 4.79 Å². The van der Waals surface area contributed by atoms with Crippen molar-refractivity contribution in [3.8, 4) is 17.0 Å². The van der Waals surface area contributed by atoms with Crippen LogP contribution in [0, 0.1) is 0 Å².